The molecule has 2 aliphatic rings. The minimum absolute atomic E-state index is 0.189. The van der Waals surface area contributed by atoms with Gasteiger partial charge >= 0.3 is 0 Å². The van der Waals surface area contributed by atoms with Gasteiger partial charge in [0.05, 0.1) is 6.10 Å². The van der Waals surface area contributed by atoms with Crippen LogP contribution in [0.4, 0.5) is 0 Å². The Labute approximate surface area is 113 Å². The molecule has 2 fully saturated rings. The molecule has 4 heteroatoms. The van der Waals surface area contributed by atoms with Crippen LogP contribution >= 0.6 is 0 Å². The average Bonchev–Trinajstić information content (AvgIpc) is 2.71. The second-order valence-corrected chi connectivity index (χ2v) is 5.56. The molecule has 1 aromatic carbocycles. The van der Waals surface area contributed by atoms with Crippen molar-refractivity contribution in [3.05, 3.63) is 35.9 Å². The average molecular weight is 260 g/mol. The maximum atomic E-state index is 12.0. The van der Waals surface area contributed by atoms with Gasteiger partial charge in [-0.3, -0.25) is 9.69 Å². The van der Waals surface area contributed by atoms with Crippen LogP contribution in [0.15, 0.2) is 30.3 Å². The Kier molecular flexibility index (Phi) is 3.53. The van der Waals surface area contributed by atoms with Crippen molar-refractivity contribution < 1.29 is 9.90 Å². The van der Waals surface area contributed by atoms with Crippen LogP contribution in [-0.2, 0) is 11.3 Å². The van der Waals surface area contributed by atoms with Gasteiger partial charge in [0.2, 0.25) is 5.91 Å². The number of carbonyl (C=O) groups is 1. The van der Waals surface area contributed by atoms with Crippen molar-refractivity contribution >= 4 is 5.91 Å². The number of benzene rings is 1. The second-order valence-electron chi connectivity index (χ2n) is 5.56. The van der Waals surface area contributed by atoms with Gasteiger partial charge in [0.1, 0.15) is 0 Å². The third-order valence-electron chi connectivity index (χ3n) is 4.07. The van der Waals surface area contributed by atoms with Crippen molar-refractivity contribution in [2.75, 3.05) is 19.6 Å². The van der Waals surface area contributed by atoms with Gasteiger partial charge in [-0.25, -0.2) is 0 Å². The zero-order valence-corrected chi connectivity index (χ0v) is 11.0. The standard InChI is InChI=1S/C15H20N2O2/c18-14-8-13-10-16(7-6-15(19)17(13)11-14)9-12-4-2-1-3-5-12/h1-5,13-14,18H,6-11H2. The van der Waals surface area contributed by atoms with E-state index in [1.807, 2.05) is 23.1 Å². The molecule has 0 spiro atoms. The number of amides is 1. The first-order chi connectivity index (χ1) is 9.22. The van der Waals surface area contributed by atoms with Crippen LogP contribution < -0.4 is 0 Å². The molecule has 19 heavy (non-hydrogen) atoms. The van der Waals surface area contributed by atoms with E-state index in [0.29, 0.717) is 13.0 Å². The van der Waals surface area contributed by atoms with Crippen LogP contribution in [-0.4, -0.2) is 52.6 Å². The number of nitrogens with zero attached hydrogens (tertiary/aromatic N) is 2. The highest BCUT2D eigenvalue weighted by molar-refractivity contribution is 5.77. The van der Waals surface area contributed by atoms with E-state index in [0.717, 1.165) is 26.1 Å². The molecule has 2 heterocycles. The summed E-state index contributed by atoms with van der Waals surface area (Å²) in [6.45, 7) is 3.09. The van der Waals surface area contributed by atoms with E-state index in [9.17, 15) is 9.90 Å². The summed E-state index contributed by atoms with van der Waals surface area (Å²) in [7, 11) is 0. The largest absolute Gasteiger partial charge is 0.391 e. The molecule has 4 nitrogen and oxygen atoms in total. The molecule has 1 aromatic rings. The molecule has 3 rings (SSSR count). The molecule has 1 amide bonds. The summed E-state index contributed by atoms with van der Waals surface area (Å²) in [5.41, 5.74) is 1.28. The third-order valence-corrected chi connectivity index (χ3v) is 4.07. The van der Waals surface area contributed by atoms with Gasteiger partial charge in [-0.2, -0.15) is 0 Å². The Morgan fingerprint density at radius 3 is 2.79 bits per heavy atom. The fourth-order valence-electron chi connectivity index (χ4n) is 3.14. The van der Waals surface area contributed by atoms with Crippen molar-refractivity contribution in [1.82, 2.24) is 9.80 Å². The summed E-state index contributed by atoms with van der Waals surface area (Å²) >= 11 is 0. The zero-order chi connectivity index (χ0) is 13.2. The Bertz CT molecular complexity index is 449. The quantitative estimate of drug-likeness (QED) is 0.857. The van der Waals surface area contributed by atoms with E-state index >= 15 is 0 Å². The molecule has 2 aliphatic heterocycles. The number of carbonyl (C=O) groups excluding carboxylic acids is 1. The first-order valence-corrected chi connectivity index (χ1v) is 6.96. The van der Waals surface area contributed by atoms with Crippen LogP contribution in [0.1, 0.15) is 18.4 Å². The highest BCUT2D eigenvalue weighted by Gasteiger charge is 2.37. The zero-order valence-electron chi connectivity index (χ0n) is 11.0. The molecule has 0 saturated carbocycles. The molecule has 0 radical (unpaired) electrons. The van der Waals surface area contributed by atoms with Crippen molar-refractivity contribution in [3.8, 4) is 0 Å². The molecule has 2 atom stereocenters. The van der Waals surface area contributed by atoms with E-state index in [-0.39, 0.29) is 18.1 Å². The van der Waals surface area contributed by atoms with Crippen LogP contribution in [0.3, 0.4) is 0 Å². The first kappa shape index (κ1) is 12.6. The predicted octanol–water partition coefficient (Wildman–Crippen LogP) is 0.854. The maximum absolute atomic E-state index is 12.0. The van der Waals surface area contributed by atoms with Crippen LogP contribution in [0.25, 0.3) is 0 Å². The fourth-order valence-corrected chi connectivity index (χ4v) is 3.14. The van der Waals surface area contributed by atoms with Crippen molar-refractivity contribution in [2.24, 2.45) is 0 Å². The van der Waals surface area contributed by atoms with E-state index in [1.54, 1.807) is 0 Å². The Hall–Kier alpha value is -1.39. The lowest BCUT2D eigenvalue weighted by molar-refractivity contribution is -0.131. The number of fused-ring (bicyclic) bond motifs is 1. The van der Waals surface area contributed by atoms with Gasteiger partial charge in [-0.1, -0.05) is 30.3 Å². The van der Waals surface area contributed by atoms with Gasteiger partial charge in [0, 0.05) is 38.6 Å². The summed E-state index contributed by atoms with van der Waals surface area (Å²) < 4.78 is 0. The molecule has 0 aromatic heterocycles. The molecule has 0 aliphatic carbocycles. The Morgan fingerprint density at radius 2 is 2.00 bits per heavy atom. The van der Waals surface area contributed by atoms with Gasteiger partial charge < -0.3 is 10.0 Å². The Balaban J connectivity index is 1.69. The maximum Gasteiger partial charge on any atom is 0.224 e. The van der Waals surface area contributed by atoms with E-state index in [4.69, 9.17) is 0 Å². The molecule has 102 valence electrons. The molecular weight excluding hydrogens is 240 g/mol. The summed E-state index contributed by atoms with van der Waals surface area (Å²) in [5, 5.41) is 9.73. The summed E-state index contributed by atoms with van der Waals surface area (Å²) in [6, 6.07) is 10.5. The lowest BCUT2D eigenvalue weighted by Crippen LogP contribution is -2.38. The van der Waals surface area contributed by atoms with Crippen LogP contribution in [0, 0.1) is 0 Å². The summed E-state index contributed by atoms with van der Waals surface area (Å²) in [6.07, 6.45) is 0.943. The highest BCUT2D eigenvalue weighted by atomic mass is 16.3. The molecule has 0 bridgehead atoms. The molecule has 1 N–H and O–H groups in total. The normalized spacial score (nSPS) is 28.3. The first-order valence-electron chi connectivity index (χ1n) is 6.96. The molecule has 2 saturated heterocycles. The van der Waals surface area contributed by atoms with Gasteiger partial charge in [0.15, 0.2) is 0 Å². The summed E-state index contributed by atoms with van der Waals surface area (Å²) in [4.78, 5) is 16.2. The van der Waals surface area contributed by atoms with Crippen LogP contribution in [0.5, 0.6) is 0 Å². The lowest BCUT2D eigenvalue weighted by Gasteiger charge is -2.25. The molecular formula is C15H20N2O2. The molecule has 2 unspecified atom stereocenters. The van der Waals surface area contributed by atoms with E-state index < -0.39 is 0 Å². The number of hydrogen-bond acceptors (Lipinski definition) is 3. The van der Waals surface area contributed by atoms with Crippen molar-refractivity contribution in [2.45, 2.75) is 31.5 Å². The van der Waals surface area contributed by atoms with Crippen molar-refractivity contribution in [1.29, 1.82) is 0 Å². The fraction of sp³-hybridized carbons (Fsp3) is 0.533. The Morgan fingerprint density at radius 1 is 1.21 bits per heavy atom. The van der Waals surface area contributed by atoms with Gasteiger partial charge in [-0.05, 0) is 12.0 Å². The smallest absolute Gasteiger partial charge is 0.224 e. The van der Waals surface area contributed by atoms with E-state index in [2.05, 4.69) is 17.0 Å². The third kappa shape index (κ3) is 2.80. The number of rotatable bonds is 2. The highest BCUT2D eigenvalue weighted by Crippen LogP contribution is 2.23. The van der Waals surface area contributed by atoms with Gasteiger partial charge in [-0.15, -0.1) is 0 Å². The van der Waals surface area contributed by atoms with E-state index in [1.165, 1.54) is 5.56 Å². The number of aliphatic hydroxyl groups is 1. The topological polar surface area (TPSA) is 43.8 Å². The number of hydrogen-bond donors (Lipinski definition) is 1. The summed E-state index contributed by atoms with van der Waals surface area (Å²) in [5.74, 6) is 0.192. The second kappa shape index (κ2) is 5.31. The van der Waals surface area contributed by atoms with Crippen molar-refractivity contribution in [3.63, 3.8) is 0 Å². The minimum atomic E-state index is -0.342. The number of aliphatic hydroxyl groups excluding tert-OH is 1. The van der Waals surface area contributed by atoms with Gasteiger partial charge in [0.25, 0.3) is 0 Å². The predicted molar refractivity (Wildman–Crippen MR) is 72.5 cm³/mol. The minimum Gasteiger partial charge on any atom is -0.391 e. The SMILES string of the molecule is O=C1CCN(Cc2ccccc2)CC2CC(O)CN12. The van der Waals surface area contributed by atoms with Crippen LogP contribution in [0.2, 0.25) is 0 Å². The lowest BCUT2D eigenvalue weighted by atomic mass is 10.1. The monoisotopic (exact) mass is 260 g/mol.